The van der Waals surface area contributed by atoms with Gasteiger partial charge in [-0.05, 0) is 6.92 Å². The molecule has 1 amide bonds. The van der Waals surface area contributed by atoms with Crippen molar-refractivity contribution in [2.45, 2.75) is 32.4 Å². The highest BCUT2D eigenvalue weighted by Gasteiger charge is 2.40. The Kier molecular flexibility index (Phi) is 5.94. The molecule has 0 saturated heterocycles. The Labute approximate surface area is 85.9 Å². The van der Waals surface area contributed by atoms with E-state index in [0.717, 1.165) is 6.42 Å². The van der Waals surface area contributed by atoms with Gasteiger partial charge in [-0.1, -0.05) is 13.3 Å². The number of amides is 1. The molecule has 14 heavy (non-hydrogen) atoms. The van der Waals surface area contributed by atoms with E-state index in [0.29, 0.717) is 6.04 Å². The molecule has 2 N–H and O–H groups in total. The largest absolute Gasteiger partial charge is 0.501 e. The molecule has 0 aromatic heterocycles. The molecule has 0 saturated carbocycles. The second-order valence-corrected chi connectivity index (χ2v) is 5.92. The van der Waals surface area contributed by atoms with E-state index in [2.05, 4.69) is 0 Å². The zero-order chi connectivity index (χ0) is 11.2. The normalized spacial score (nSPS) is 14.0. The van der Waals surface area contributed by atoms with Gasteiger partial charge >= 0.3 is 8.80 Å². The first kappa shape index (κ1) is 13.6. The van der Waals surface area contributed by atoms with E-state index in [4.69, 9.17) is 19.0 Å². The van der Waals surface area contributed by atoms with Crippen molar-refractivity contribution in [2.24, 2.45) is 5.73 Å². The van der Waals surface area contributed by atoms with Crippen LogP contribution in [0.4, 0.5) is 0 Å². The summed E-state index contributed by atoms with van der Waals surface area (Å²) < 4.78 is 15.9. The SMILES string of the molecule is CCC[Si](OC)(OC)OC(C)C(N)=O. The lowest BCUT2D eigenvalue weighted by molar-refractivity contribution is -0.126. The van der Waals surface area contributed by atoms with E-state index < -0.39 is 20.8 Å². The summed E-state index contributed by atoms with van der Waals surface area (Å²) >= 11 is 0. The van der Waals surface area contributed by atoms with Crippen molar-refractivity contribution in [1.29, 1.82) is 0 Å². The first-order valence-electron chi connectivity index (χ1n) is 4.58. The first-order valence-corrected chi connectivity index (χ1v) is 6.52. The van der Waals surface area contributed by atoms with Crippen LogP contribution in [-0.4, -0.2) is 35.0 Å². The van der Waals surface area contributed by atoms with Crippen molar-refractivity contribution in [3.63, 3.8) is 0 Å². The third-order valence-electron chi connectivity index (χ3n) is 1.94. The highest BCUT2D eigenvalue weighted by molar-refractivity contribution is 6.60. The van der Waals surface area contributed by atoms with Crippen molar-refractivity contribution in [3.05, 3.63) is 0 Å². The molecule has 0 aromatic carbocycles. The van der Waals surface area contributed by atoms with Gasteiger partial charge in [-0.15, -0.1) is 0 Å². The zero-order valence-corrected chi connectivity index (χ0v) is 10.2. The molecule has 0 aliphatic rings. The Morgan fingerprint density at radius 3 is 2.21 bits per heavy atom. The molecule has 0 heterocycles. The van der Waals surface area contributed by atoms with Gasteiger partial charge in [0.1, 0.15) is 6.10 Å². The average molecular weight is 221 g/mol. The fraction of sp³-hybridized carbons (Fsp3) is 0.875. The van der Waals surface area contributed by atoms with Gasteiger partial charge in [0.05, 0.1) is 0 Å². The maximum absolute atomic E-state index is 10.8. The van der Waals surface area contributed by atoms with Gasteiger partial charge in [-0.25, -0.2) is 0 Å². The topological polar surface area (TPSA) is 70.8 Å². The van der Waals surface area contributed by atoms with Crippen molar-refractivity contribution >= 4 is 14.7 Å². The number of primary amides is 1. The number of rotatable bonds is 7. The van der Waals surface area contributed by atoms with E-state index in [1.165, 1.54) is 14.2 Å². The third-order valence-corrected chi connectivity index (χ3v) is 5.00. The average Bonchev–Trinajstić information content (AvgIpc) is 2.16. The summed E-state index contributed by atoms with van der Waals surface area (Å²) in [6, 6.07) is 0.678. The summed E-state index contributed by atoms with van der Waals surface area (Å²) in [5, 5.41) is 0. The van der Waals surface area contributed by atoms with Gasteiger partial charge in [0, 0.05) is 20.3 Å². The van der Waals surface area contributed by atoms with Crippen LogP contribution in [0.3, 0.4) is 0 Å². The van der Waals surface area contributed by atoms with Crippen LogP contribution in [0, 0.1) is 0 Å². The van der Waals surface area contributed by atoms with Crippen LogP contribution < -0.4 is 5.73 Å². The molecule has 0 aliphatic heterocycles. The van der Waals surface area contributed by atoms with E-state index in [9.17, 15) is 4.79 Å². The lowest BCUT2D eigenvalue weighted by Crippen LogP contribution is -2.48. The summed E-state index contributed by atoms with van der Waals surface area (Å²) in [5.74, 6) is -0.507. The number of nitrogens with two attached hydrogens (primary N) is 1. The van der Waals surface area contributed by atoms with Crippen LogP contribution in [0.1, 0.15) is 20.3 Å². The standard InChI is InChI=1S/C8H19NO4Si/c1-5-6-14(11-3,12-4)13-7(2)8(9)10/h7H,5-6H2,1-4H3,(H2,9,10). The zero-order valence-electron chi connectivity index (χ0n) is 9.20. The minimum atomic E-state index is -2.67. The van der Waals surface area contributed by atoms with Gasteiger partial charge in [0.15, 0.2) is 0 Å². The van der Waals surface area contributed by atoms with Gasteiger partial charge < -0.3 is 19.0 Å². The van der Waals surface area contributed by atoms with Crippen LogP contribution in [0.15, 0.2) is 0 Å². The van der Waals surface area contributed by atoms with E-state index >= 15 is 0 Å². The van der Waals surface area contributed by atoms with E-state index in [-0.39, 0.29) is 0 Å². The van der Waals surface area contributed by atoms with Gasteiger partial charge in [-0.3, -0.25) is 4.79 Å². The maximum Gasteiger partial charge on any atom is 0.501 e. The molecular weight excluding hydrogens is 202 g/mol. The van der Waals surface area contributed by atoms with Crippen LogP contribution >= 0.6 is 0 Å². The van der Waals surface area contributed by atoms with E-state index in [1.54, 1.807) is 6.92 Å². The molecule has 0 radical (unpaired) electrons. The summed E-state index contributed by atoms with van der Waals surface area (Å²) in [4.78, 5) is 10.8. The van der Waals surface area contributed by atoms with Crippen LogP contribution in [-0.2, 0) is 18.1 Å². The Bertz CT molecular complexity index is 184. The van der Waals surface area contributed by atoms with Crippen LogP contribution in [0.25, 0.3) is 0 Å². The second-order valence-electron chi connectivity index (χ2n) is 3.00. The highest BCUT2D eigenvalue weighted by Crippen LogP contribution is 2.17. The number of carbonyl (C=O) groups is 1. The molecule has 0 aliphatic carbocycles. The van der Waals surface area contributed by atoms with Gasteiger partial charge in [-0.2, -0.15) is 0 Å². The van der Waals surface area contributed by atoms with Crippen molar-refractivity contribution in [3.8, 4) is 0 Å². The van der Waals surface area contributed by atoms with Crippen LogP contribution in [0.5, 0.6) is 0 Å². The monoisotopic (exact) mass is 221 g/mol. The fourth-order valence-corrected chi connectivity index (χ4v) is 3.23. The van der Waals surface area contributed by atoms with Crippen molar-refractivity contribution < 1.29 is 18.1 Å². The third kappa shape index (κ3) is 3.75. The van der Waals surface area contributed by atoms with Gasteiger partial charge in [0.2, 0.25) is 5.91 Å². The quantitative estimate of drug-likeness (QED) is 0.636. The Morgan fingerprint density at radius 2 is 1.93 bits per heavy atom. The van der Waals surface area contributed by atoms with Crippen molar-refractivity contribution in [2.75, 3.05) is 14.2 Å². The summed E-state index contributed by atoms with van der Waals surface area (Å²) in [7, 11) is 0.384. The molecule has 6 heteroatoms. The molecular formula is C8H19NO4Si. The van der Waals surface area contributed by atoms with Crippen molar-refractivity contribution in [1.82, 2.24) is 0 Å². The lowest BCUT2D eigenvalue weighted by Gasteiger charge is -2.28. The number of carbonyl (C=O) groups excluding carboxylic acids is 1. The van der Waals surface area contributed by atoms with Gasteiger partial charge in [0.25, 0.3) is 0 Å². The smallest absolute Gasteiger partial charge is 0.377 e. The number of hydrogen-bond acceptors (Lipinski definition) is 4. The molecule has 0 aromatic rings. The summed E-state index contributed by atoms with van der Waals surface area (Å²) in [6.07, 6.45) is 0.201. The number of hydrogen-bond donors (Lipinski definition) is 1. The Balaban J connectivity index is 4.40. The molecule has 1 atom stereocenters. The minimum Gasteiger partial charge on any atom is -0.377 e. The fourth-order valence-electron chi connectivity index (χ4n) is 1.08. The predicted molar refractivity (Wildman–Crippen MR) is 54.6 cm³/mol. The second kappa shape index (κ2) is 6.13. The Morgan fingerprint density at radius 1 is 1.43 bits per heavy atom. The minimum absolute atomic E-state index is 0.507. The lowest BCUT2D eigenvalue weighted by atomic mass is 10.4. The first-order chi connectivity index (χ1) is 6.51. The molecule has 0 bridgehead atoms. The summed E-state index contributed by atoms with van der Waals surface area (Å²) in [5.41, 5.74) is 5.10. The molecule has 0 fully saturated rings. The Hall–Kier alpha value is -0.433. The molecule has 1 unspecified atom stereocenters. The maximum atomic E-state index is 10.8. The molecule has 0 spiro atoms. The summed E-state index contributed by atoms with van der Waals surface area (Å²) in [6.45, 7) is 3.59. The predicted octanol–water partition coefficient (Wildman–Crippen LogP) is 0.518. The van der Waals surface area contributed by atoms with Crippen LogP contribution in [0.2, 0.25) is 6.04 Å². The molecule has 84 valence electrons. The van der Waals surface area contributed by atoms with E-state index in [1.807, 2.05) is 6.92 Å². The molecule has 5 nitrogen and oxygen atoms in total. The highest BCUT2D eigenvalue weighted by atomic mass is 28.4. The molecule has 0 rings (SSSR count).